The SMILES string of the molecule is FC(F)(F)C1=N[N]C(C(F)(F)F)=C1c1cc(C(F)(F)F)ccc1Br. The maximum Gasteiger partial charge on any atom is 0.435 e. The Morgan fingerprint density at radius 2 is 1.38 bits per heavy atom. The monoisotopic (exact) mass is 425 g/mol. The van der Waals surface area contributed by atoms with Gasteiger partial charge in [-0.15, -0.1) is 10.5 Å². The van der Waals surface area contributed by atoms with Crippen LogP contribution < -0.4 is 5.43 Å². The van der Waals surface area contributed by atoms with E-state index in [9.17, 15) is 39.5 Å². The Bertz CT molecular complexity index is 726. The molecule has 0 saturated carbocycles. The normalized spacial score (nSPS) is 16.3. The number of allylic oxidation sites excluding steroid dienone is 2. The molecule has 0 aromatic heterocycles. The van der Waals surface area contributed by atoms with Crippen LogP contribution in [0, 0.1) is 0 Å². The van der Waals surface area contributed by atoms with Crippen molar-refractivity contribution in [2.24, 2.45) is 5.10 Å². The van der Waals surface area contributed by atoms with E-state index in [2.05, 4.69) is 26.5 Å². The van der Waals surface area contributed by atoms with Gasteiger partial charge in [-0.3, -0.25) is 0 Å². The predicted octanol–water partition coefficient (Wildman–Crippen LogP) is 5.28. The summed E-state index contributed by atoms with van der Waals surface area (Å²) >= 11 is 2.66. The lowest BCUT2D eigenvalue weighted by Crippen LogP contribution is -2.25. The van der Waals surface area contributed by atoms with Crippen LogP contribution in [0.1, 0.15) is 11.1 Å². The van der Waals surface area contributed by atoms with Gasteiger partial charge in [0.05, 0.1) is 5.56 Å². The fourth-order valence-corrected chi connectivity index (χ4v) is 2.30. The molecular formula is C12H3BrF9N2. The van der Waals surface area contributed by atoms with E-state index < -0.39 is 51.1 Å². The van der Waals surface area contributed by atoms with Crippen molar-refractivity contribution in [2.45, 2.75) is 18.5 Å². The minimum atomic E-state index is -5.33. The van der Waals surface area contributed by atoms with Gasteiger partial charge in [0.25, 0.3) is 0 Å². The average Bonchev–Trinajstić information content (AvgIpc) is 2.82. The number of nitrogens with zero attached hydrogens (tertiary/aromatic N) is 2. The second-order valence-electron chi connectivity index (χ2n) is 4.46. The van der Waals surface area contributed by atoms with Crippen molar-refractivity contribution in [1.29, 1.82) is 0 Å². The number of hydrogen-bond donors (Lipinski definition) is 0. The Labute approximate surface area is 136 Å². The van der Waals surface area contributed by atoms with E-state index in [1.807, 2.05) is 0 Å². The van der Waals surface area contributed by atoms with E-state index in [1.54, 1.807) is 0 Å². The Hall–Kier alpha value is -1.72. The fraction of sp³-hybridized carbons (Fsp3) is 0.250. The lowest BCUT2D eigenvalue weighted by Gasteiger charge is -2.16. The number of hydrogen-bond acceptors (Lipinski definition) is 1. The molecule has 0 unspecified atom stereocenters. The third kappa shape index (κ3) is 3.52. The molecule has 1 aromatic carbocycles. The van der Waals surface area contributed by atoms with E-state index in [0.29, 0.717) is 12.1 Å². The van der Waals surface area contributed by atoms with Crippen molar-refractivity contribution in [3.63, 3.8) is 0 Å². The Morgan fingerprint density at radius 1 is 0.792 bits per heavy atom. The van der Waals surface area contributed by atoms with Gasteiger partial charge in [0, 0.05) is 15.6 Å². The summed E-state index contributed by atoms with van der Waals surface area (Å²) in [6, 6.07) is 1.39. The topological polar surface area (TPSA) is 26.5 Å². The zero-order valence-electron chi connectivity index (χ0n) is 10.9. The minimum absolute atomic E-state index is 0.174. The Kier molecular flexibility index (Phi) is 4.40. The molecule has 1 aliphatic heterocycles. The molecule has 0 bridgehead atoms. The molecule has 1 aliphatic rings. The molecule has 12 heteroatoms. The van der Waals surface area contributed by atoms with Crippen molar-refractivity contribution < 1.29 is 39.5 Å². The summed E-state index contributed by atoms with van der Waals surface area (Å²) in [6.07, 6.45) is -15.6. The maximum atomic E-state index is 12.9. The first-order valence-corrected chi connectivity index (χ1v) is 6.57. The third-order valence-electron chi connectivity index (χ3n) is 2.82. The quantitative estimate of drug-likeness (QED) is 0.547. The first-order chi connectivity index (χ1) is 10.7. The van der Waals surface area contributed by atoms with Gasteiger partial charge in [-0.2, -0.15) is 39.5 Å². The van der Waals surface area contributed by atoms with Crippen molar-refractivity contribution in [3.05, 3.63) is 39.5 Å². The molecule has 24 heavy (non-hydrogen) atoms. The molecule has 2 rings (SSSR count). The first-order valence-electron chi connectivity index (χ1n) is 5.78. The molecular weight excluding hydrogens is 423 g/mol. The molecule has 0 atom stereocenters. The van der Waals surface area contributed by atoms with Gasteiger partial charge in [0.15, 0.2) is 11.4 Å². The van der Waals surface area contributed by atoms with Crippen molar-refractivity contribution in [1.82, 2.24) is 5.43 Å². The van der Waals surface area contributed by atoms with Gasteiger partial charge in [-0.1, -0.05) is 15.9 Å². The van der Waals surface area contributed by atoms with Gasteiger partial charge in [-0.25, -0.2) is 0 Å². The molecule has 0 aliphatic carbocycles. The summed E-state index contributed by atoms with van der Waals surface area (Å²) in [6.45, 7) is 0. The lowest BCUT2D eigenvalue weighted by atomic mass is 9.97. The summed E-state index contributed by atoms with van der Waals surface area (Å²) < 4.78 is 115. The van der Waals surface area contributed by atoms with Crippen LogP contribution in [0.3, 0.4) is 0 Å². The summed E-state index contributed by atoms with van der Waals surface area (Å²) in [4.78, 5) is 0. The van der Waals surface area contributed by atoms with Crippen LogP contribution in [0.15, 0.2) is 33.5 Å². The highest BCUT2D eigenvalue weighted by Crippen LogP contribution is 2.43. The van der Waals surface area contributed by atoms with Crippen LogP contribution in [0.4, 0.5) is 39.5 Å². The molecule has 0 amide bonds. The summed E-state index contributed by atoms with van der Waals surface area (Å²) in [5.74, 6) is 0. The summed E-state index contributed by atoms with van der Waals surface area (Å²) in [5.41, 5.74) is -5.51. The van der Waals surface area contributed by atoms with Crippen molar-refractivity contribution >= 4 is 27.2 Å². The van der Waals surface area contributed by atoms with Gasteiger partial charge in [0.1, 0.15) is 0 Å². The summed E-state index contributed by atoms with van der Waals surface area (Å²) in [7, 11) is 0. The third-order valence-corrected chi connectivity index (χ3v) is 3.52. The number of halogens is 10. The van der Waals surface area contributed by atoms with Crippen LogP contribution in [0.2, 0.25) is 0 Å². The molecule has 1 heterocycles. The van der Waals surface area contributed by atoms with E-state index in [-0.39, 0.29) is 6.07 Å². The highest BCUT2D eigenvalue weighted by atomic mass is 79.9. The number of benzene rings is 1. The van der Waals surface area contributed by atoms with Gasteiger partial charge in [-0.05, 0) is 18.2 Å². The van der Waals surface area contributed by atoms with Crippen LogP contribution in [-0.4, -0.2) is 18.1 Å². The van der Waals surface area contributed by atoms with Crippen LogP contribution >= 0.6 is 15.9 Å². The van der Waals surface area contributed by atoms with Gasteiger partial charge >= 0.3 is 18.5 Å². The second-order valence-corrected chi connectivity index (χ2v) is 5.31. The van der Waals surface area contributed by atoms with E-state index in [4.69, 9.17) is 0 Å². The van der Waals surface area contributed by atoms with E-state index in [1.165, 1.54) is 0 Å². The van der Waals surface area contributed by atoms with Crippen LogP contribution in [0.5, 0.6) is 0 Å². The highest BCUT2D eigenvalue weighted by molar-refractivity contribution is 9.10. The van der Waals surface area contributed by atoms with Crippen LogP contribution in [0.25, 0.3) is 5.57 Å². The molecule has 1 aromatic rings. The average molecular weight is 426 g/mol. The molecule has 131 valence electrons. The maximum absolute atomic E-state index is 12.9. The van der Waals surface area contributed by atoms with Gasteiger partial charge in [0.2, 0.25) is 0 Å². The molecule has 1 radical (unpaired) electrons. The lowest BCUT2D eigenvalue weighted by molar-refractivity contribution is -0.137. The zero-order chi connectivity index (χ0) is 18.5. The molecule has 2 nitrogen and oxygen atoms in total. The zero-order valence-corrected chi connectivity index (χ0v) is 12.5. The number of rotatable bonds is 1. The Balaban J connectivity index is 2.76. The fourth-order valence-electron chi connectivity index (χ4n) is 1.86. The van der Waals surface area contributed by atoms with Gasteiger partial charge < -0.3 is 0 Å². The largest absolute Gasteiger partial charge is 0.435 e. The molecule has 0 saturated heterocycles. The first kappa shape index (κ1) is 18.6. The number of alkyl halides is 9. The molecule has 0 N–H and O–H groups in total. The smallest absolute Gasteiger partial charge is 0.166 e. The second kappa shape index (κ2) is 5.67. The predicted molar refractivity (Wildman–Crippen MR) is 67.7 cm³/mol. The van der Waals surface area contributed by atoms with Crippen LogP contribution in [-0.2, 0) is 6.18 Å². The standard InChI is InChI=1S/C12H3BrF9N2/c13-6-2-1-4(10(14,15)16)3-5(6)7-8(11(17,18)19)23-24-9(7)12(20,21)22/h1-3H. The van der Waals surface area contributed by atoms with Crippen molar-refractivity contribution in [2.75, 3.05) is 0 Å². The summed E-state index contributed by atoms with van der Waals surface area (Å²) in [5, 5.41) is 2.47. The van der Waals surface area contributed by atoms with E-state index >= 15 is 0 Å². The highest BCUT2D eigenvalue weighted by Gasteiger charge is 2.50. The van der Waals surface area contributed by atoms with Crippen molar-refractivity contribution in [3.8, 4) is 0 Å². The Morgan fingerprint density at radius 3 is 1.83 bits per heavy atom. The molecule has 0 fully saturated rings. The molecule has 0 spiro atoms. The van der Waals surface area contributed by atoms with E-state index in [0.717, 1.165) is 0 Å². The minimum Gasteiger partial charge on any atom is -0.166 e.